The second-order valence-electron chi connectivity index (χ2n) is 7.10. The molecule has 0 bridgehead atoms. The number of hydrogen-bond acceptors (Lipinski definition) is 6. The van der Waals surface area contributed by atoms with Gasteiger partial charge in [0.15, 0.2) is 5.82 Å². The molecule has 1 atom stereocenters. The molecule has 0 aliphatic carbocycles. The lowest BCUT2D eigenvalue weighted by Crippen LogP contribution is -2.24. The molecule has 1 saturated heterocycles. The second-order valence-corrected chi connectivity index (χ2v) is 7.10. The molecular weight excluding hydrogens is 382 g/mol. The highest BCUT2D eigenvalue weighted by atomic mass is 16.5. The van der Waals surface area contributed by atoms with Crippen molar-refractivity contribution >= 4 is 5.91 Å². The summed E-state index contributed by atoms with van der Waals surface area (Å²) in [6, 6.07) is 15.4. The molecule has 1 aromatic heterocycles. The number of carbonyl (C=O) groups is 1. The summed E-state index contributed by atoms with van der Waals surface area (Å²) in [4.78, 5) is 19.0. The fourth-order valence-electron chi connectivity index (χ4n) is 3.67. The summed E-state index contributed by atoms with van der Waals surface area (Å²) in [6.07, 6.45) is 0.364. The van der Waals surface area contributed by atoms with Gasteiger partial charge in [0.05, 0.1) is 18.8 Å². The third kappa shape index (κ3) is 4.15. The first kappa shape index (κ1) is 19.9. The lowest BCUT2D eigenvalue weighted by atomic mass is 10.1. The van der Waals surface area contributed by atoms with Crippen LogP contribution in [0.1, 0.15) is 37.6 Å². The minimum Gasteiger partial charge on any atom is -0.494 e. The Kier molecular flexibility index (Phi) is 5.97. The van der Waals surface area contributed by atoms with Crippen molar-refractivity contribution in [2.75, 3.05) is 19.8 Å². The summed E-state index contributed by atoms with van der Waals surface area (Å²) in [5.74, 6) is 2.44. The van der Waals surface area contributed by atoms with E-state index in [0.717, 1.165) is 16.9 Å². The van der Waals surface area contributed by atoms with Crippen LogP contribution in [0.15, 0.2) is 53.1 Å². The molecule has 0 spiro atoms. The van der Waals surface area contributed by atoms with Gasteiger partial charge in [0.1, 0.15) is 11.5 Å². The monoisotopic (exact) mass is 407 g/mol. The Hall–Kier alpha value is -3.35. The maximum atomic E-state index is 12.6. The van der Waals surface area contributed by atoms with Gasteiger partial charge in [-0.25, -0.2) is 0 Å². The third-order valence-corrected chi connectivity index (χ3v) is 5.07. The number of aromatic nitrogens is 2. The summed E-state index contributed by atoms with van der Waals surface area (Å²) in [5, 5.41) is 4.15. The summed E-state index contributed by atoms with van der Waals surface area (Å²) in [6.45, 7) is 6.06. The number of likely N-dealkylation sites (tertiary alicyclic amines) is 1. The molecule has 1 aliphatic heterocycles. The summed E-state index contributed by atoms with van der Waals surface area (Å²) >= 11 is 0. The topological polar surface area (TPSA) is 77.7 Å². The number of benzene rings is 2. The van der Waals surface area contributed by atoms with Crippen LogP contribution in [-0.4, -0.2) is 40.7 Å². The second kappa shape index (κ2) is 8.98. The molecule has 0 radical (unpaired) electrons. The van der Waals surface area contributed by atoms with Crippen molar-refractivity contribution in [3.63, 3.8) is 0 Å². The molecule has 1 unspecified atom stereocenters. The maximum absolute atomic E-state index is 12.6. The van der Waals surface area contributed by atoms with Crippen LogP contribution in [0.25, 0.3) is 11.5 Å². The molecule has 1 fully saturated rings. The van der Waals surface area contributed by atoms with Gasteiger partial charge in [-0.15, -0.1) is 0 Å². The van der Waals surface area contributed by atoms with Gasteiger partial charge < -0.3 is 18.9 Å². The van der Waals surface area contributed by atoms with Crippen LogP contribution in [0, 0.1) is 0 Å². The van der Waals surface area contributed by atoms with Crippen LogP contribution < -0.4 is 9.47 Å². The number of rotatable bonds is 8. The van der Waals surface area contributed by atoms with Crippen LogP contribution in [-0.2, 0) is 11.3 Å². The zero-order valence-corrected chi connectivity index (χ0v) is 17.2. The molecule has 4 rings (SSSR count). The van der Waals surface area contributed by atoms with Crippen molar-refractivity contribution in [1.82, 2.24) is 15.0 Å². The zero-order valence-electron chi connectivity index (χ0n) is 17.2. The highest BCUT2D eigenvalue weighted by Gasteiger charge is 2.34. The standard InChI is InChI=1S/C23H25N3O4/c1-3-28-19-11-7-5-9-16(19)14-26-15-17(13-21(26)27)22-24-23(30-25-22)18-10-6-8-12-20(18)29-4-2/h5-12,17H,3-4,13-15H2,1-2H3. The number of carbonyl (C=O) groups excluding carboxylic acids is 1. The molecule has 1 amide bonds. The zero-order chi connectivity index (χ0) is 20.9. The Morgan fingerprint density at radius 3 is 2.53 bits per heavy atom. The average Bonchev–Trinajstić information content (AvgIpc) is 3.38. The van der Waals surface area contributed by atoms with Crippen molar-refractivity contribution in [2.45, 2.75) is 32.7 Å². The van der Waals surface area contributed by atoms with E-state index in [4.69, 9.17) is 14.0 Å². The molecule has 0 saturated carbocycles. The van der Waals surface area contributed by atoms with Gasteiger partial charge in [-0.1, -0.05) is 35.5 Å². The van der Waals surface area contributed by atoms with E-state index in [9.17, 15) is 4.79 Å². The number of ether oxygens (including phenoxy) is 2. The highest BCUT2D eigenvalue weighted by Crippen LogP contribution is 2.33. The Morgan fingerprint density at radius 1 is 1.03 bits per heavy atom. The van der Waals surface area contributed by atoms with Gasteiger partial charge in [0, 0.05) is 31.0 Å². The summed E-state index contributed by atoms with van der Waals surface area (Å²) in [5.41, 5.74) is 1.75. The van der Waals surface area contributed by atoms with Crippen molar-refractivity contribution in [1.29, 1.82) is 0 Å². The Labute approximate surface area is 175 Å². The number of para-hydroxylation sites is 2. The van der Waals surface area contributed by atoms with E-state index in [0.29, 0.717) is 50.2 Å². The molecule has 0 N–H and O–H groups in total. The fourth-order valence-corrected chi connectivity index (χ4v) is 3.67. The fraction of sp³-hybridized carbons (Fsp3) is 0.348. The molecule has 2 aromatic carbocycles. The number of nitrogens with zero attached hydrogens (tertiary/aromatic N) is 3. The van der Waals surface area contributed by atoms with Crippen molar-refractivity contribution < 1.29 is 18.8 Å². The molecule has 156 valence electrons. The lowest BCUT2D eigenvalue weighted by Gasteiger charge is -2.18. The molecule has 3 aromatic rings. The quantitative estimate of drug-likeness (QED) is 0.561. The summed E-state index contributed by atoms with van der Waals surface area (Å²) in [7, 11) is 0. The van der Waals surface area contributed by atoms with Crippen LogP contribution >= 0.6 is 0 Å². The van der Waals surface area contributed by atoms with Gasteiger partial charge in [-0.3, -0.25) is 4.79 Å². The van der Waals surface area contributed by atoms with Gasteiger partial charge in [-0.05, 0) is 32.0 Å². The number of amides is 1. The van der Waals surface area contributed by atoms with Gasteiger partial charge in [0.25, 0.3) is 5.89 Å². The van der Waals surface area contributed by atoms with E-state index in [-0.39, 0.29) is 11.8 Å². The summed E-state index contributed by atoms with van der Waals surface area (Å²) < 4.78 is 16.8. The predicted molar refractivity (Wildman–Crippen MR) is 111 cm³/mol. The smallest absolute Gasteiger partial charge is 0.261 e. The minimum atomic E-state index is -0.103. The van der Waals surface area contributed by atoms with Crippen molar-refractivity contribution in [3.05, 3.63) is 59.9 Å². The van der Waals surface area contributed by atoms with Crippen molar-refractivity contribution in [2.24, 2.45) is 0 Å². The van der Waals surface area contributed by atoms with Gasteiger partial charge in [-0.2, -0.15) is 4.98 Å². The van der Waals surface area contributed by atoms with Crippen molar-refractivity contribution in [3.8, 4) is 23.0 Å². The van der Waals surface area contributed by atoms with Crippen LogP contribution in [0.3, 0.4) is 0 Å². The van der Waals surface area contributed by atoms with E-state index in [2.05, 4.69) is 10.1 Å². The van der Waals surface area contributed by atoms with Crippen LogP contribution in [0.4, 0.5) is 0 Å². The normalized spacial score (nSPS) is 16.1. The average molecular weight is 407 g/mol. The first-order valence-corrected chi connectivity index (χ1v) is 10.2. The molecule has 2 heterocycles. The molecule has 7 nitrogen and oxygen atoms in total. The number of hydrogen-bond donors (Lipinski definition) is 0. The third-order valence-electron chi connectivity index (χ3n) is 5.07. The van der Waals surface area contributed by atoms with E-state index in [1.807, 2.05) is 67.3 Å². The predicted octanol–water partition coefficient (Wildman–Crippen LogP) is 4.05. The van der Waals surface area contributed by atoms with Gasteiger partial charge in [0.2, 0.25) is 5.91 Å². The highest BCUT2D eigenvalue weighted by molar-refractivity contribution is 5.79. The maximum Gasteiger partial charge on any atom is 0.261 e. The molecular formula is C23H25N3O4. The van der Waals surface area contributed by atoms with E-state index < -0.39 is 0 Å². The van der Waals surface area contributed by atoms with E-state index >= 15 is 0 Å². The van der Waals surface area contributed by atoms with Gasteiger partial charge >= 0.3 is 0 Å². The van der Waals surface area contributed by atoms with Crippen LogP contribution in [0.5, 0.6) is 11.5 Å². The molecule has 30 heavy (non-hydrogen) atoms. The molecule has 1 aliphatic rings. The SMILES string of the molecule is CCOc1ccccc1CN1CC(c2noc(-c3ccccc3OCC)n2)CC1=O. The first-order valence-electron chi connectivity index (χ1n) is 10.2. The Morgan fingerprint density at radius 2 is 1.73 bits per heavy atom. The Bertz CT molecular complexity index is 1020. The Balaban J connectivity index is 1.49. The van der Waals surface area contributed by atoms with E-state index in [1.54, 1.807) is 0 Å². The van der Waals surface area contributed by atoms with E-state index in [1.165, 1.54) is 0 Å². The lowest BCUT2D eigenvalue weighted by molar-refractivity contribution is -0.128. The largest absolute Gasteiger partial charge is 0.494 e. The van der Waals surface area contributed by atoms with Crippen LogP contribution in [0.2, 0.25) is 0 Å². The molecule has 7 heteroatoms. The first-order chi connectivity index (χ1) is 14.7. The minimum absolute atomic E-state index is 0.0763.